The highest BCUT2D eigenvalue weighted by atomic mass is 35.5. The molecular formula is C20H27ClN2O2. The standard InChI is InChI=1S/C20H27ClN2O2/c21-17-10-8-16(9-11-17)20(12-4-1-5-13-20)23-18(24)14-22-19(25)15-6-2-3-7-15/h8-11,15H,1-7,12-14H2,(H,22,25)(H,23,24). The summed E-state index contributed by atoms with van der Waals surface area (Å²) in [7, 11) is 0. The van der Waals surface area contributed by atoms with Crippen LogP contribution in [-0.4, -0.2) is 18.4 Å². The van der Waals surface area contributed by atoms with Gasteiger partial charge in [0.2, 0.25) is 11.8 Å². The average Bonchev–Trinajstić information content (AvgIpc) is 3.16. The summed E-state index contributed by atoms with van der Waals surface area (Å²) in [5.74, 6) is 0.00717. The molecule has 0 saturated heterocycles. The Labute approximate surface area is 154 Å². The van der Waals surface area contributed by atoms with Crippen molar-refractivity contribution in [1.29, 1.82) is 0 Å². The lowest BCUT2D eigenvalue weighted by Gasteiger charge is -2.39. The lowest BCUT2D eigenvalue weighted by Crippen LogP contribution is -2.50. The van der Waals surface area contributed by atoms with Gasteiger partial charge in [0, 0.05) is 10.9 Å². The van der Waals surface area contributed by atoms with Gasteiger partial charge in [0.25, 0.3) is 0 Å². The van der Waals surface area contributed by atoms with Gasteiger partial charge in [-0.05, 0) is 43.4 Å². The third kappa shape index (κ3) is 4.55. The normalized spacial score (nSPS) is 20.2. The highest BCUT2D eigenvalue weighted by Crippen LogP contribution is 2.37. The van der Waals surface area contributed by atoms with Gasteiger partial charge in [-0.25, -0.2) is 0 Å². The highest BCUT2D eigenvalue weighted by molar-refractivity contribution is 6.30. The number of carbonyl (C=O) groups excluding carboxylic acids is 2. The van der Waals surface area contributed by atoms with Crippen molar-refractivity contribution in [2.75, 3.05) is 6.54 Å². The molecule has 0 bridgehead atoms. The van der Waals surface area contributed by atoms with Gasteiger partial charge in [0.1, 0.15) is 0 Å². The van der Waals surface area contributed by atoms with Gasteiger partial charge in [-0.15, -0.1) is 0 Å². The number of benzene rings is 1. The second-order valence-corrected chi connectivity index (χ2v) is 7.83. The van der Waals surface area contributed by atoms with Gasteiger partial charge >= 0.3 is 0 Å². The van der Waals surface area contributed by atoms with Crippen LogP contribution in [0, 0.1) is 5.92 Å². The molecule has 136 valence electrons. The topological polar surface area (TPSA) is 58.2 Å². The van der Waals surface area contributed by atoms with Gasteiger partial charge in [-0.2, -0.15) is 0 Å². The second kappa shape index (κ2) is 8.22. The minimum atomic E-state index is -0.335. The zero-order chi connectivity index (χ0) is 17.7. The van der Waals surface area contributed by atoms with E-state index in [0.29, 0.717) is 5.02 Å². The molecule has 2 saturated carbocycles. The van der Waals surface area contributed by atoms with E-state index >= 15 is 0 Å². The third-order valence-electron chi connectivity index (χ3n) is 5.63. The number of carbonyl (C=O) groups is 2. The molecule has 1 aromatic rings. The molecule has 0 atom stereocenters. The molecule has 2 aliphatic carbocycles. The summed E-state index contributed by atoms with van der Waals surface area (Å²) < 4.78 is 0. The van der Waals surface area contributed by atoms with Gasteiger partial charge in [0.05, 0.1) is 12.1 Å². The van der Waals surface area contributed by atoms with E-state index in [-0.39, 0.29) is 29.8 Å². The Hall–Kier alpha value is -1.55. The van der Waals surface area contributed by atoms with E-state index in [1.165, 1.54) is 6.42 Å². The van der Waals surface area contributed by atoms with Gasteiger partial charge in [-0.3, -0.25) is 9.59 Å². The summed E-state index contributed by atoms with van der Waals surface area (Å²) in [6, 6.07) is 7.76. The quantitative estimate of drug-likeness (QED) is 0.834. The molecule has 2 fully saturated rings. The summed E-state index contributed by atoms with van der Waals surface area (Å²) >= 11 is 6.01. The molecule has 0 radical (unpaired) electrons. The maximum Gasteiger partial charge on any atom is 0.240 e. The second-order valence-electron chi connectivity index (χ2n) is 7.40. The Morgan fingerprint density at radius 2 is 1.64 bits per heavy atom. The summed E-state index contributed by atoms with van der Waals surface area (Å²) in [5, 5.41) is 6.74. The van der Waals surface area contributed by atoms with Gasteiger partial charge in [0.15, 0.2) is 0 Å². The van der Waals surface area contributed by atoms with E-state index in [0.717, 1.165) is 56.9 Å². The van der Waals surface area contributed by atoms with Crippen LogP contribution in [-0.2, 0) is 15.1 Å². The number of rotatable bonds is 5. The predicted molar refractivity (Wildman–Crippen MR) is 99.3 cm³/mol. The molecule has 3 rings (SSSR count). The van der Waals surface area contributed by atoms with E-state index in [1.807, 2.05) is 24.3 Å². The van der Waals surface area contributed by atoms with Crippen molar-refractivity contribution in [1.82, 2.24) is 10.6 Å². The first kappa shape index (κ1) is 18.2. The SMILES string of the molecule is O=C(CNC(=O)C1CCCC1)NC1(c2ccc(Cl)cc2)CCCCC1. The minimum absolute atomic E-state index is 0.0248. The Balaban J connectivity index is 1.62. The van der Waals surface area contributed by atoms with Crippen molar-refractivity contribution < 1.29 is 9.59 Å². The van der Waals surface area contributed by atoms with Crippen LogP contribution in [0.15, 0.2) is 24.3 Å². The fraction of sp³-hybridized carbons (Fsp3) is 0.600. The molecule has 2 amide bonds. The van der Waals surface area contributed by atoms with E-state index in [1.54, 1.807) is 0 Å². The molecule has 2 aliphatic rings. The maximum absolute atomic E-state index is 12.5. The van der Waals surface area contributed by atoms with Crippen LogP contribution >= 0.6 is 11.6 Å². The number of hydrogen-bond acceptors (Lipinski definition) is 2. The molecule has 25 heavy (non-hydrogen) atoms. The molecule has 4 nitrogen and oxygen atoms in total. The smallest absolute Gasteiger partial charge is 0.240 e. The summed E-state index contributed by atoms with van der Waals surface area (Å²) in [6.07, 6.45) is 9.37. The van der Waals surface area contributed by atoms with Gasteiger partial charge < -0.3 is 10.6 Å². The van der Waals surface area contributed by atoms with E-state index in [9.17, 15) is 9.59 Å². The molecule has 0 aromatic heterocycles. The molecule has 0 unspecified atom stereocenters. The third-order valence-corrected chi connectivity index (χ3v) is 5.88. The van der Waals surface area contributed by atoms with Crippen molar-refractivity contribution in [2.45, 2.75) is 63.3 Å². The van der Waals surface area contributed by atoms with E-state index in [2.05, 4.69) is 10.6 Å². The average molecular weight is 363 g/mol. The molecule has 5 heteroatoms. The largest absolute Gasteiger partial charge is 0.347 e. The van der Waals surface area contributed by atoms with Crippen LogP contribution in [0.4, 0.5) is 0 Å². The van der Waals surface area contributed by atoms with Crippen LogP contribution in [0.3, 0.4) is 0 Å². The predicted octanol–water partition coefficient (Wildman–Crippen LogP) is 3.92. The maximum atomic E-state index is 12.5. The number of amides is 2. The van der Waals surface area contributed by atoms with Gasteiger partial charge in [-0.1, -0.05) is 55.8 Å². The fourth-order valence-electron chi connectivity index (χ4n) is 4.22. The van der Waals surface area contributed by atoms with Crippen LogP contribution in [0.5, 0.6) is 0 Å². The Morgan fingerprint density at radius 3 is 2.28 bits per heavy atom. The molecule has 0 heterocycles. The Kier molecular flexibility index (Phi) is 6.00. The molecule has 0 aliphatic heterocycles. The number of nitrogens with one attached hydrogen (secondary N) is 2. The van der Waals surface area contributed by atoms with Crippen LogP contribution in [0.1, 0.15) is 63.4 Å². The first-order valence-electron chi connectivity index (χ1n) is 9.44. The zero-order valence-electron chi connectivity index (χ0n) is 14.7. The van der Waals surface area contributed by atoms with Crippen molar-refractivity contribution in [3.05, 3.63) is 34.9 Å². The highest BCUT2D eigenvalue weighted by Gasteiger charge is 2.35. The Bertz CT molecular complexity index is 603. The molecule has 2 N–H and O–H groups in total. The monoisotopic (exact) mass is 362 g/mol. The molecular weight excluding hydrogens is 336 g/mol. The lowest BCUT2D eigenvalue weighted by molar-refractivity contribution is -0.129. The Morgan fingerprint density at radius 1 is 1.00 bits per heavy atom. The summed E-state index contributed by atoms with van der Waals surface area (Å²) in [6.45, 7) is 0.0602. The number of halogens is 1. The summed E-state index contributed by atoms with van der Waals surface area (Å²) in [4.78, 5) is 24.6. The van der Waals surface area contributed by atoms with Crippen molar-refractivity contribution >= 4 is 23.4 Å². The number of hydrogen-bond donors (Lipinski definition) is 2. The van der Waals surface area contributed by atoms with Crippen LogP contribution < -0.4 is 10.6 Å². The molecule has 0 spiro atoms. The fourth-order valence-corrected chi connectivity index (χ4v) is 4.35. The first-order chi connectivity index (χ1) is 12.1. The van der Waals surface area contributed by atoms with E-state index in [4.69, 9.17) is 11.6 Å². The van der Waals surface area contributed by atoms with E-state index < -0.39 is 0 Å². The van der Waals surface area contributed by atoms with Crippen molar-refractivity contribution in [2.24, 2.45) is 5.92 Å². The zero-order valence-corrected chi connectivity index (χ0v) is 15.4. The van der Waals surface area contributed by atoms with Crippen LogP contribution in [0.25, 0.3) is 0 Å². The van der Waals surface area contributed by atoms with Crippen molar-refractivity contribution in [3.8, 4) is 0 Å². The molecule has 1 aromatic carbocycles. The minimum Gasteiger partial charge on any atom is -0.347 e. The summed E-state index contributed by atoms with van der Waals surface area (Å²) in [5.41, 5.74) is 0.768. The first-order valence-corrected chi connectivity index (χ1v) is 9.82. The van der Waals surface area contributed by atoms with Crippen molar-refractivity contribution in [3.63, 3.8) is 0 Å². The van der Waals surface area contributed by atoms with Crippen LogP contribution in [0.2, 0.25) is 5.02 Å². The lowest BCUT2D eigenvalue weighted by atomic mass is 9.76.